The van der Waals surface area contributed by atoms with Gasteiger partial charge in [0.1, 0.15) is 5.75 Å². The van der Waals surface area contributed by atoms with Crippen LogP contribution in [0.1, 0.15) is 22.4 Å². The lowest BCUT2D eigenvalue weighted by Gasteiger charge is -2.09. The maximum absolute atomic E-state index is 8.94. The Morgan fingerprint density at radius 2 is 1.92 bits per heavy atom. The standard InChI is InChI=1S/C20H21N3O/c1-14-18(9-10-21)19-11-17(24-2)7-8-20(19)23(14)13-16-5-3-15(12-22)4-6-16/h3-8,11H,9-10,13,21H2,1-2H3. The van der Waals surface area contributed by atoms with Gasteiger partial charge in [-0.3, -0.25) is 0 Å². The van der Waals surface area contributed by atoms with Gasteiger partial charge in [-0.25, -0.2) is 0 Å². The van der Waals surface area contributed by atoms with Crippen LogP contribution in [0, 0.1) is 18.3 Å². The zero-order valence-electron chi connectivity index (χ0n) is 14.0. The predicted molar refractivity (Wildman–Crippen MR) is 96.2 cm³/mol. The first-order chi connectivity index (χ1) is 11.7. The number of hydrogen-bond acceptors (Lipinski definition) is 3. The SMILES string of the molecule is COc1ccc2c(c1)c(CCN)c(C)n2Cc1ccc(C#N)cc1. The Bertz CT molecular complexity index is 901. The van der Waals surface area contributed by atoms with E-state index in [-0.39, 0.29) is 0 Å². The second-order valence-corrected chi connectivity index (χ2v) is 5.88. The smallest absolute Gasteiger partial charge is 0.119 e. The molecule has 2 N–H and O–H groups in total. The predicted octanol–water partition coefficient (Wildman–Crippen LogP) is 3.38. The van der Waals surface area contributed by atoms with Crippen LogP contribution in [0.25, 0.3) is 10.9 Å². The molecule has 4 heteroatoms. The molecule has 1 aromatic heterocycles. The quantitative estimate of drug-likeness (QED) is 0.784. The van der Waals surface area contributed by atoms with Crippen molar-refractivity contribution in [1.82, 2.24) is 4.57 Å². The number of ether oxygens (including phenoxy) is 1. The highest BCUT2D eigenvalue weighted by molar-refractivity contribution is 5.87. The lowest BCUT2D eigenvalue weighted by atomic mass is 10.1. The molecule has 0 saturated heterocycles. The molecule has 0 bridgehead atoms. The van der Waals surface area contributed by atoms with Crippen molar-refractivity contribution >= 4 is 10.9 Å². The minimum absolute atomic E-state index is 0.619. The molecular formula is C20H21N3O. The van der Waals surface area contributed by atoms with E-state index >= 15 is 0 Å². The largest absolute Gasteiger partial charge is 0.497 e. The number of rotatable bonds is 5. The molecule has 0 saturated carbocycles. The van der Waals surface area contributed by atoms with Crippen molar-refractivity contribution in [3.05, 3.63) is 64.8 Å². The van der Waals surface area contributed by atoms with E-state index in [1.54, 1.807) is 7.11 Å². The summed E-state index contributed by atoms with van der Waals surface area (Å²) in [6.45, 7) is 3.53. The van der Waals surface area contributed by atoms with E-state index in [2.05, 4.69) is 29.7 Å². The van der Waals surface area contributed by atoms with Crippen LogP contribution >= 0.6 is 0 Å². The maximum atomic E-state index is 8.94. The monoisotopic (exact) mass is 319 g/mol. The van der Waals surface area contributed by atoms with Gasteiger partial charge in [0, 0.05) is 23.1 Å². The van der Waals surface area contributed by atoms with Gasteiger partial charge in [-0.1, -0.05) is 12.1 Å². The third-order valence-electron chi connectivity index (χ3n) is 4.48. The van der Waals surface area contributed by atoms with Crippen molar-refractivity contribution in [3.8, 4) is 11.8 Å². The second kappa shape index (κ2) is 6.77. The van der Waals surface area contributed by atoms with E-state index < -0.39 is 0 Å². The molecule has 3 rings (SSSR count). The van der Waals surface area contributed by atoms with E-state index in [9.17, 15) is 0 Å². The summed E-state index contributed by atoms with van der Waals surface area (Å²) in [5.74, 6) is 0.858. The number of nitriles is 1. The zero-order chi connectivity index (χ0) is 17.1. The van der Waals surface area contributed by atoms with Crippen molar-refractivity contribution in [2.75, 3.05) is 13.7 Å². The molecule has 122 valence electrons. The first-order valence-corrected chi connectivity index (χ1v) is 8.02. The van der Waals surface area contributed by atoms with Gasteiger partial charge in [-0.05, 0) is 61.3 Å². The summed E-state index contributed by atoms with van der Waals surface area (Å²) < 4.78 is 7.68. The van der Waals surface area contributed by atoms with Crippen LogP contribution in [0.15, 0.2) is 42.5 Å². The van der Waals surface area contributed by atoms with Gasteiger partial charge in [0.05, 0.1) is 18.7 Å². The van der Waals surface area contributed by atoms with Gasteiger partial charge in [0.15, 0.2) is 0 Å². The fraction of sp³-hybridized carbons (Fsp3) is 0.250. The average Bonchev–Trinajstić information content (AvgIpc) is 2.88. The molecule has 0 radical (unpaired) electrons. The Hall–Kier alpha value is -2.77. The first kappa shape index (κ1) is 16.1. The number of methoxy groups -OCH3 is 1. The van der Waals surface area contributed by atoms with E-state index in [0.717, 1.165) is 18.7 Å². The van der Waals surface area contributed by atoms with Gasteiger partial charge >= 0.3 is 0 Å². The summed E-state index contributed by atoms with van der Waals surface area (Å²) in [5, 5.41) is 10.1. The molecule has 1 heterocycles. The van der Waals surface area contributed by atoms with Crippen molar-refractivity contribution < 1.29 is 4.74 Å². The summed E-state index contributed by atoms with van der Waals surface area (Å²) in [6, 6.07) is 16.1. The van der Waals surface area contributed by atoms with Crippen LogP contribution in [0.3, 0.4) is 0 Å². The van der Waals surface area contributed by atoms with Crippen molar-refractivity contribution in [2.24, 2.45) is 5.73 Å². The maximum Gasteiger partial charge on any atom is 0.119 e. The lowest BCUT2D eigenvalue weighted by Crippen LogP contribution is -2.06. The molecule has 0 amide bonds. The molecule has 0 spiro atoms. The van der Waals surface area contributed by atoms with Crippen LogP contribution < -0.4 is 10.5 Å². The lowest BCUT2D eigenvalue weighted by molar-refractivity contribution is 0.415. The number of aromatic nitrogens is 1. The number of benzene rings is 2. The normalized spacial score (nSPS) is 10.8. The highest BCUT2D eigenvalue weighted by Crippen LogP contribution is 2.30. The van der Waals surface area contributed by atoms with Crippen LogP contribution in [0.2, 0.25) is 0 Å². The molecule has 0 aliphatic heterocycles. The number of hydrogen-bond donors (Lipinski definition) is 1. The molecule has 24 heavy (non-hydrogen) atoms. The van der Waals surface area contributed by atoms with Crippen LogP contribution in [-0.4, -0.2) is 18.2 Å². The Morgan fingerprint density at radius 1 is 1.17 bits per heavy atom. The van der Waals surface area contributed by atoms with E-state index in [1.807, 2.05) is 30.3 Å². The third kappa shape index (κ3) is 2.86. The van der Waals surface area contributed by atoms with Crippen molar-refractivity contribution in [1.29, 1.82) is 5.26 Å². The number of nitrogens with zero attached hydrogens (tertiary/aromatic N) is 2. The molecule has 0 fully saturated rings. The zero-order valence-corrected chi connectivity index (χ0v) is 14.0. The van der Waals surface area contributed by atoms with Gasteiger partial charge in [0.2, 0.25) is 0 Å². The van der Waals surface area contributed by atoms with Crippen molar-refractivity contribution in [3.63, 3.8) is 0 Å². The van der Waals surface area contributed by atoms with Crippen molar-refractivity contribution in [2.45, 2.75) is 19.9 Å². The summed E-state index contributed by atoms with van der Waals surface area (Å²) in [5.41, 5.74) is 11.4. The topological polar surface area (TPSA) is 64.0 Å². The second-order valence-electron chi connectivity index (χ2n) is 5.88. The van der Waals surface area contributed by atoms with Gasteiger partial charge < -0.3 is 15.0 Å². The summed E-state index contributed by atoms with van der Waals surface area (Å²) >= 11 is 0. The highest BCUT2D eigenvalue weighted by Gasteiger charge is 2.14. The molecular weight excluding hydrogens is 298 g/mol. The Balaban J connectivity index is 2.09. The molecule has 4 nitrogen and oxygen atoms in total. The van der Waals surface area contributed by atoms with Gasteiger partial charge in [-0.2, -0.15) is 5.26 Å². The Morgan fingerprint density at radius 3 is 2.54 bits per heavy atom. The molecule has 0 aliphatic rings. The van der Waals surface area contributed by atoms with E-state index in [4.69, 9.17) is 15.7 Å². The Kier molecular flexibility index (Phi) is 4.54. The Labute approximate surface area is 142 Å². The number of nitrogens with two attached hydrogens (primary N) is 1. The van der Waals surface area contributed by atoms with Crippen LogP contribution in [0.4, 0.5) is 0 Å². The molecule has 0 atom stereocenters. The fourth-order valence-electron chi connectivity index (χ4n) is 3.19. The molecule has 0 aliphatic carbocycles. The van der Waals surface area contributed by atoms with Crippen LogP contribution in [-0.2, 0) is 13.0 Å². The first-order valence-electron chi connectivity index (χ1n) is 8.02. The van der Waals surface area contributed by atoms with E-state index in [1.165, 1.54) is 27.7 Å². The summed E-state index contributed by atoms with van der Waals surface area (Å²) in [4.78, 5) is 0. The molecule has 2 aromatic carbocycles. The van der Waals surface area contributed by atoms with Gasteiger partial charge in [0.25, 0.3) is 0 Å². The van der Waals surface area contributed by atoms with Gasteiger partial charge in [-0.15, -0.1) is 0 Å². The average molecular weight is 319 g/mol. The van der Waals surface area contributed by atoms with Crippen LogP contribution in [0.5, 0.6) is 5.75 Å². The highest BCUT2D eigenvalue weighted by atomic mass is 16.5. The van der Waals surface area contributed by atoms with E-state index in [0.29, 0.717) is 12.1 Å². The summed E-state index contributed by atoms with van der Waals surface area (Å²) in [7, 11) is 1.68. The fourth-order valence-corrected chi connectivity index (χ4v) is 3.19. The molecule has 0 unspecified atom stereocenters. The number of fused-ring (bicyclic) bond motifs is 1. The third-order valence-corrected chi connectivity index (χ3v) is 4.48. The summed E-state index contributed by atoms with van der Waals surface area (Å²) in [6.07, 6.45) is 0.843. The minimum Gasteiger partial charge on any atom is -0.497 e. The molecule has 3 aromatic rings. The minimum atomic E-state index is 0.619.